The molecule has 66 valence electrons. The number of hydrogen-bond acceptors (Lipinski definition) is 3. The second-order valence-corrected chi connectivity index (χ2v) is 3.92. The number of aliphatic hydroxyl groups excluding tert-OH is 1. The van der Waals surface area contributed by atoms with Gasteiger partial charge in [0.25, 0.3) is 0 Å². The molecule has 0 aromatic carbocycles. The van der Waals surface area contributed by atoms with Crippen LogP contribution in [0.5, 0.6) is 0 Å². The van der Waals surface area contributed by atoms with Crippen molar-refractivity contribution in [1.82, 2.24) is 0 Å². The van der Waals surface area contributed by atoms with E-state index in [2.05, 4.69) is 0 Å². The van der Waals surface area contributed by atoms with Gasteiger partial charge in [-0.1, -0.05) is 0 Å². The molecule has 0 saturated carbocycles. The standard InChI is InChI=1S/C5H11O5P/c1-11(9,10)3-2-4(6)5(7)8/h4,6H,2-3H2,1H3,(H,7,8)(H,9,10)/i1D3. The second-order valence-electron chi connectivity index (χ2n) is 2.07. The quantitative estimate of drug-likeness (QED) is 0.523. The van der Waals surface area contributed by atoms with Gasteiger partial charge in [0.1, 0.15) is 0 Å². The van der Waals surface area contributed by atoms with Crippen LogP contribution in [0.1, 0.15) is 10.5 Å². The molecule has 2 unspecified atom stereocenters. The Labute approximate surface area is 68.3 Å². The third-order valence-corrected chi connectivity index (χ3v) is 1.86. The lowest BCUT2D eigenvalue weighted by Crippen LogP contribution is -2.20. The van der Waals surface area contributed by atoms with E-state index in [1.54, 1.807) is 0 Å². The summed E-state index contributed by atoms with van der Waals surface area (Å²) in [4.78, 5) is 19.1. The third kappa shape index (κ3) is 6.04. The smallest absolute Gasteiger partial charge is 0.332 e. The molecule has 2 atom stereocenters. The van der Waals surface area contributed by atoms with Crippen molar-refractivity contribution in [2.24, 2.45) is 0 Å². The van der Waals surface area contributed by atoms with Gasteiger partial charge in [0.2, 0.25) is 0 Å². The van der Waals surface area contributed by atoms with Gasteiger partial charge >= 0.3 is 5.97 Å². The largest absolute Gasteiger partial charge is 0.479 e. The van der Waals surface area contributed by atoms with Crippen molar-refractivity contribution in [2.75, 3.05) is 12.8 Å². The molecule has 0 amide bonds. The van der Waals surface area contributed by atoms with Crippen LogP contribution in [0, 0.1) is 0 Å². The molecule has 0 aliphatic rings. The van der Waals surface area contributed by atoms with Crippen LogP contribution in [0.15, 0.2) is 0 Å². The van der Waals surface area contributed by atoms with Crippen molar-refractivity contribution in [1.29, 1.82) is 0 Å². The number of aliphatic hydroxyl groups is 1. The highest BCUT2D eigenvalue weighted by atomic mass is 31.2. The van der Waals surface area contributed by atoms with Gasteiger partial charge in [0, 0.05) is 16.9 Å². The number of carbonyl (C=O) groups is 1. The predicted octanol–water partition coefficient (Wildman–Crippen LogP) is -0.278. The zero-order valence-corrected chi connectivity index (χ0v) is 6.49. The van der Waals surface area contributed by atoms with Crippen molar-refractivity contribution in [3.05, 3.63) is 0 Å². The Bertz CT molecular complexity index is 263. The SMILES string of the molecule is [2H]C([2H])([2H])P(=O)(O)CCC(O)C(=O)O. The topological polar surface area (TPSA) is 94.8 Å². The van der Waals surface area contributed by atoms with Crippen molar-refractivity contribution >= 4 is 13.3 Å². The molecule has 0 heterocycles. The average molecular weight is 185 g/mol. The summed E-state index contributed by atoms with van der Waals surface area (Å²) < 4.78 is 31.1. The molecule has 0 spiro atoms. The normalized spacial score (nSPS) is 24.0. The Morgan fingerprint density at radius 2 is 2.36 bits per heavy atom. The van der Waals surface area contributed by atoms with Crippen molar-refractivity contribution in [3.8, 4) is 0 Å². The van der Waals surface area contributed by atoms with E-state index in [9.17, 15) is 9.36 Å². The summed E-state index contributed by atoms with van der Waals surface area (Å²) in [5, 5.41) is 17.0. The van der Waals surface area contributed by atoms with Gasteiger partial charge in [-0.25, -0.2) is 4.79 Å². The molecule has 0 aliphatic carbocycles. The van der Waals surface area contributed by atoms with E-state index >= 15 is 0 Å². The first-order valence-corrected chi connectivity index (χ1v) is 4.65. The van der Waals surface area contributed by atoms with Crippen LogP contribution in [0.4, 0.5) is 0 Å². The molecule has 0 saturated heterocycles. The lowest BCUT2D eigenvalue weighted by Gasteiger charge is -2.06. The summed E-state index contributed by atoms with van der Waals surface area (Å²) in [5.41, 5.74) is 0. The zero-order valence-electron chi connectivity index (χ0n) is 8.60. The second kappa shape index (κ2) is 3.85. The van der Waals surface area contributed by atoms with Crippen LogP contribution < -0.4 is 0 Å². The first kappa shape index (κ1) is 6.17. The molecule has 3 N–H and O–H groups in total. The highest BCUT2D eigenvalue weighted by Crippen LogP contribution is 2.35. The van der Waals surface area contributed by atoms with E-state index in [1.165, 1.54) is 0 Å². The maximum atomic E-state index is 11.1. The summed E-state index contributed by atoms with van der Waals surface area (Å²) in [6, 6.07) is 0. The Morgan fingerprint density at radius 3 is 2.73 bits per heavy atom. The molecule has 5 nitrogen and oxygen atoms in total. The maximum Gasteiger partial charge on any atom is 0.332 e. The summed E-state index contributed by atoms with van der Waals surface area (Å²) >= 11 is 0. The van der Waals surface area contributed by atoms with E-state index in [-0.39, 0.29) is 0 Å². The number of carboxylic acids is 1. The summed E-state index contributed by atoms with van der Waals surface area (Å²) in [5.74, 6) is -1.55. The molecule has 0 bridgehead atoms. The Morgan fingerprint density at radius 1 is 1.82 bits per heavy atom. The molecule has 0 radical (unpaired) electrons. The van der Waals surface area contributed by atoms with Crippen molar-refractivity contribution in [3.63, 3.8) is 0 Å². The van der Waals surface area contributed by atoms with Gasteiger partial charge in [0.05, 0.1) is 0 Å². The van der Waals surface area contributed by atoms with Crippen LogP contribution in [-0.4, -0.2) is 39.9 Å². The van der Waals surface area contributed by atoms with Crippen molar-refractivity contribution in [2.45, 2.75) is 12.5 Å². The average Bonchev–Trinajstić information content (AvgIpc) is 1.97. The van der Waals surface area contributed by atoms with Gasteiger partial charge in [-0.15, -0.1) is 0 Å². The van der Waals surface area contributed by atoms with E-state index in [1.807, 2.05) is 0 Å². The first-order chi connectivity index (χ1) is 6.08. The van der Waals surface area contributed by atoms with Gasteiger partial charge in [-0.3, -0.25) is 4.57 Å². The molecule has 0 rings (SSSR count). The monoisotopic (exact) mass is 185 g/mol. The van der Waals surface area contributed by atoms with Crippen LogP contribution >= 0.6 is 7.37 Å². The first-order valence-electron chi connectivity index (χ1n) is 4.31. The van der Waals surface area contributed by atoms with E-state index in [0.29, 0.717) is 0 Å². The highest BCUT2D eigenvalue weighted by Gasteiger charge is 2.17. The van der Waals surface area contributed by atoms with Gasteiger partial charge in [-0.05, 0) is 6.42 Å². The fraction of sp³-hybridized carbons (Fsp3) is 0.800. The van der Waals surface area contributed by atoms with Gasteiger partial charge in [0.15, 0.2) is 13.5 Å². The minimum atomic E-state index is -4.39. The lowest BCUT2D eigenvalue weighted by atomic mass is 10.3. The summed E-state index contributed by atoms with van der Waals surface area (Å²) in [6.45, 7) is -3.02. The van der Waals surface area contributed by atoms with E-state index in [4.69, 9.17) is 19.2 Å². The molecule has 0 aromatic heterocycles. The lowest BCUT2D eigenvalue weighted by molar-refractivity contribution is -0.146. The molecule has 6 heteroatoms. The van der Waals surface area contributed by atoms with Crippen LogP contribution in [-0.2, 0) is 9.36 Å². The summed E-state index contributed by atoms with van der Waals surface area (Å²) in [6.07, 6.45) is -3.10. The number of aliphatic carboxylic acids is 1. The van der Waals surface area contributed by atoms with Crippen LogP contribution in [0.3, 0.4) is 0 Å². The number of rotatable bonds is 4. The molecule has 0 aromatic rings. The molecular formula is C5H11O5P. The Hall–Kier alpha value is -0.380. The minimum Gasteiger partial charge on any atom is -0.479 e. The van der Waals surface area contributed by atoms with Gasteiger partial charge < -0.3 is 15.1 Å². The van der Waals surface area contributed by atoms with E-state index < -0.39 is 38.6 Å². The Kier molecular flexibility index (Phi) is 2.16. The van der Waals surface area contributed by atoms with Crippen molar-refractivity contribution < 1.29 is 28.6 Å². The predicted molar refractivity (Wildman–Crippen MR) is 38.9 cm³/mol. The Balaban J connectivity index is 4.28. The van der Waals surface area contributed by atoms with Crippen LogP contribution in [0.25, 0.3) is 0 Å². The molecular weight excluding hydrogens is 171 g/mol. The molecule has 11 heavy (non-hydrogen) atoms. The maximum absolute atomic E-state index is 11.1. The van der Waals surface area contributed by atoms with Crippen LogP contribution in [0.2, 0.25) is 0 Å². The zero-order chi connectivity index (χ0) is 11.6. The highest BCUT2D eigenvalue weighted by molar-refractivity contribution is 7.57. The molecule has 0 aliphatic heterocycles. The fourth-order valence-corrected chi connectivity index (χ4v) is 1.02. The minimum absolute atomic E-state index is 0.554. The third-order valence-electron chi connectivity index (χ3n) is 0.991. The number of carboxylic acid groups (broad SMARTS) is 1. The molecule has 0 fully saturated rings. The van der Waals surface area contributed by atoms with E-state index in [0.717, 1.165) is 0 Å². The van der Waals surface area contributed by atoms with Gasteiger partial charge in [-0.2, -0.15) is 0 Å². The fourth-order valence-electron chi connectivity index (χ4n) is 0.421. The number of hydrogen-bond donors (Lipinski definition) is 3. The summed E-state index contributed by atoms with van der Waals surface area (Å²) in [7, 11) is -4.39.